The Bertz CT molecular complexity index is 350. The van der Waals surface area contributed by atoms with Crippen LogP contribution in [0, 0.1) is 5.92 Å². The number of hydrogen-bond acceptors (Lipinski definition) is 2. The lowest BCUT2D eigenvalue weighted by Gasteiger charge is -2.26. The highest BCUT2D eigenvalue weighted by molar-refractivity contribution is 9.10. The van der Waals surface area contributed by atoms with Gasteiger partial charge in [-0.3, -0.25) is 0 Å². The van der Waals surface area contributed by atoms with Gasteiger partial charge < -0.3 is 5.32 Å². The van der Waals surface area contributed by atoms with Crippen molar-refractivity contribution < 1.29 is 0 Å². The Balaban J connectivity index is 1.96. The summed E-state index contributed by atoms with van der Waals surface area (Å²) < 4.78 is 1.24. The number of nitrogens with one attached hydrogen (secondary N) is 1. The Hall–Kier alpha value is 0.140. The van der Waals surface area contributed by atoms with E-state index < -0.39 is 0 Å². The van der Waals surface area contributed by atoms with Crippen LogP contribution in [0.2, 0.25) is 0 Å². The number of rotatable bonds is 5. The molecule has 1 nitrogen and oxygen atoms in total. The average Bonchev–Trinajstić information content (AvgIpc) is 2.64. The molecule has 2 atom stereocenters. The normalized spacial score (nSPS) is 25.0. The molecule has 0 spiro atoms. The van der Waals surface area contributed by atoms with E-state index in [-0.39, 0.29) is 0 Å². The Labute approximate surface area is 123 Å². The van der Waals surface area contributed by atoms with Gasteiger partial charge in [-0.05, 0) is 60.1 Å². The Morgan fingerprint density at radius 2 is 2.17 bits per heavy atom. The fourth-order valence-corrected chi connectivity index (χ4v) is 4.49. The molecule has 1 aliphatic carbocycles. The van der Waals surface area contributed by atoms with Crippen LogP contribution in [-0.4, -0.2) is 12.6 Å². The fourth-order valence-electron chi connectivity index (χ4n) is 2.95. The number of thiophene rings is 1. The highest BCUT2D eigenvalue weighted by atomic mass is 79.9. The molecule has 0 saturated heterocycles. The first-order valence-corrected chi connectivity index (χ1v) is 8.93. The van der Waals surface area contributed by atoms with Gasteiger partial charge in [0.05, 0.1) is 0 Å². The van der Waals surface area contributed by atoms with Crippen LogP contribution in [0.5, 0.6) is 0 Å². The third-order valence-corrected chi connectivity index (χ3v) is 5.62. The molecule has 1 fully saturated rings. The van der Waals surface area contributed by atoms with Crippen molar-refractivity contribution in [2.75, 3.05) is 6.54 Å². The van der Waals surface area contributed by atoms with Crippen LogP contribution < -0.4 is 5.32 Å². The van der Waals surface area contributed by atoms with Crippen LogP contribution in [0.15, 0.2) is 15.9 Å². The zero-order chi connectivity index (χ0) is 12.8. The first-order chi connectivity index (χ1) is 8.79. The molecule has 1 saturated carbocycles. The maximum atomic E-state index is 3.78. The largest absolute Gasteiger partial charge is 0.314 e. The minimum atomic E-state index is 0.744. The van der Waals surface area contributed by atoms with Crippen LogP contribution in [0.3, 0.4) is 0 Å². The average molecular weight is 330 g/mol. The SMILES string of the molecule is CCCNC1CCCCCC1Cc1cc(Br)cs1. The van der Waals surface area contributed by atoms with Gasteiger partial charge >= 0.3 is 0 Å². The lowest BCUT2D eigenvalue weighted by molar-refractivity contribution is 0.334. The third kappa shape index (κ3) is 4.36. The molecule has 3 heteroatoms. The molecule has 0 radical (unpaired) electrons. The molecule has 0 aliphatic heterocycles. The molecule has 1 aromatic rings. The van der Waals surface area contributed by atoms with Gasteiger partial charge in [-0.15, -0.1) is 11.3 Å². The minimum absolute atomic E-state index is 0.744. The van der Waals surface area contributed by atoms with Crippen LogP contribution >= 0.6 is 27.3 Å². The van der Waals surface area contributed by atoms with Crippen LogP contribution in [-0.2, 0) is 6.42 Å². The lowest BCUT2D eigenvalue weighted by atomic mass is 9.91. The zero-order valence-corrected chi connectivity index (χ0v) is 13.7. The summed E-state index contributed by atoms with van der Waals surface area (Å²) in [6.07, 6.45) is 9.53. The van der Waals surface area contributed by atoms with Gasteiger partial charge in [-0.2, -0.15) is 0 Å². The van der Waals surface area contributed by atoms with Gasteiger partial charge in [-0.25, -0.2) is 0 Å². The van der Waals surface area contributed by atoms with E-state index >= 15 is 0 Å². The maximum Gasteiger partial charge on any atom is 0.0285 e. The maximum absolute atomic E-state index is 3.78. The highest BCUT2D eigenvalue weighted by Gasteiger charge is 2.23. The monoisotopic (exact) mass is 329 g/mol. The first-order valence-electron chi connectivity index (χ1n) is 7.26. The van der Waals surface area contributed by atoms with Crippen molar-refractivity contribution in [3.05, 3.63) is 20.8 Å². The molecule has 1 aliphatic rings. The van der Waals surface area contributed by atoms with Gasteiger partial charge in [0.15, 0.2) is 0 Å². The van der Waals surface area contributed by atoms with Crippen molar-refractivity contribution in [3.8, 4) is 0 Å². The van der Waals surface area contributed by atoms with Crippen LogP contribution in [0.1, 0.15) is 50.3 Å². The summed E-state index contributed by atoms with van der Waals surface area (Å²) in [5.41, 5.74) is 0. The smallest absolute Gasteiger partial charge is 0.0285 e. The summed E-state index contributed by atoms with van der Waals surface area (Å²) in [5, 5.41) is 5.99. The van der Waals surface area contributed by atoms with E-state index in [1.165, 1.54) is 60.8 Å². The summed E-state index contributed by atoms with van der Waals surface area (Å²) in [7, 11) is 0. The predicted molar refractivity (Wildman–Crippen MR) is 84.4 cm³/mol. The molecule has 102 valence electrons. The summed E-state index contributed by atoms with van der Waals surface area (Å²) >= 11 is 5.47. The standard InChI is InChI=1S/C15H24BrNS/c1-2-8-17-15-7-5-3-4-6-12(15)9-14-10-13(16)11-18-14/h10-12,15,17H,2-9H2,1H3. The summed E-state index contributed by atoms with van der Waals surface area (Å²) in [5.74, 6) is 0.838. The van der Waals surface area contributed by atoms with E-state index in [9.17, 15) is 0 Å². The molecule has 2 rings (SSSR count). The van der Waals surface area contributed by atoms with Crippen LogP contribution in [0.25, 0.3) is 0 Å². The van der Waals surface area contributed by atoms with E-state index in [4.69, 9.17) is 0 Å². The number of hydrogen-bond donors (Lipinski definition) is 1. The second-order valence-corrected chi connectivity index (χ2v) is 7.31. The van der Waals surface area contributed by atoms with Crippen LogP contribution in [0.4, 0.5) is 0 Å². The van der Waals surface area contributed by atoms with Crippen molar-refractivity contribution >= 4 is 27.3 Å². The molecule has 0 bridgehead atoms. The highest BCUT2D eigenvalue weighted by Crippen LogP contribution is 2.30. The second-order valence-electron chi connectivity index (χ2n) is 5.39. The molecule has 0 aromatic carbocycles. The van der Waals surface area contributed by atoms with Crippen molar-refractivity contribution in [3.63, 3.8) is 0 Å². The fraction of sp³-hybridized carbons (Fsp3) is 0.733. The van der Waals surface area contributed by atoms with Crippen molar-refractivity contribution in [1.29, 1.82) is 0 Å². The molecule has 1 aromatic heterocycles. The molecule has 1 N–H and O–H groups in total. The third-order valence-electron chi connectivity index (χ3n) is 3.90. The molecule has 2 unspecified atom stereocenters. The second kappa shape index (κ2) is 7.66. The lowest BCUT2D eigenvalue weighted by Crippen LogP contribution is -2.36. The van der Waals surface area contributed by atoms with Gasteiger partial charge in [0.25, 0.3) is 0 Å². The van der Waals surface area contributed by atoms with Gasteiger partial charge in [0, 0.05) is 20.8 Å². The Morgan fingerprint density at radius 3 is 2.89 bits per heavy atom. The van der Waals surface area contributed by atoms with Gasteiger partial charge in [0.2, 0.25) is 0 Å². The number of halogens is 1. The summed E-state index contributed by atoms with van der Waals surface area (Å²) in [6, 6.07) is 3.04. The van der Waals surface area contributed by atoms with E-state index in [1.807, 2.05) is 11.3 Å². The predicted octanol–water partition coefficient (Wildman–Crippen LogP) is 5.00. The quantitative estimate of drug-likeness (QED) is 0.749. The Morgan fingerprint density at radius 1 is 1.33 bits per heavy atom. The van der Waals surface area contributed by atoms with Crippen molar-refractivity contribution in [2.45, 2.75) is 57.9 Å². The van der Waals surface area contributed by atoms with Gasteiger partial charge in [0.1, 0.15) is 0 Å². The molecule has 18 heavy (non-hydrogen) atoms. The summed E-state index contributed by atoms with van der Waals surface area (Å²) in [4.78, 5) is 1.54. The Kier molecular flexibility index (Phi) is 6.19. The van der Waals surface area contributed by atoms with Gasteiger partial charge in [-0.1, -0.05) is 26.2 Å². The topological polar surface area (TPSA) is 12.0 Å². The van der Waals surface area contributed by atoms with Crippen molar-refractivity contribution in [1.82, 2.24) is 5.32 Å². The minimum Gasteiger partial charge on any atom is -0.314 e. The first kappa shape index (κ1) is 14.5. The van der Waals surface area contributed by atoms with E-state index in [1.54, 1.807) is 0 Å². The van der Waals surface area contributed by atoms with Crippen molar-refractivity contribution in [2.24, 2.45) is 5.92 Å². The molecule has 0 amide bonds. The zero-order valence-electron chi connectivity index (χ0n) is 11.3. The van der Waals surface area contributed by atoms with E-state index in [2.05, 4.69) is 39.6 Å². The summed E-state index contributed by atoms with van der Waals surface area (Å²) in [6.45, 7) is 3.43. The molecular formula is C15H24BrNS. The van der Waals surface area contributed by atoms with E-state index in [0.717, 1.165) is 12.0 Å². The molecule has 1 heterocycles. The molecular weight excluding hydrogens is 306 g/mol. The van der Waals surface area contributed by atoms with E-state index in [0.29, 0.717) is 0 Å².